The minimum Gasteiger partial charge on any atom is -0.480 e. The van der Waals surface area contributed by atoms with Gasteiger partial charge in [-0.05, 0) is 18.8 Å². The number of fused-ring (bicyclic) bond motifs is 2. The summed E-state index contributed by atoms with van der Waals surface area (Å²) in [4.78, 5) is 39.5. The average molecular weight is 402 g/mol. The lowest BCUT2D eigenvalue weighted by Crippen LogP contribution is -2.33. The van der Waals surface area contributed by atoms with E-state index in [0.717, 1.165) is 12.8 Å². The Morgan fingerprint density at radius 1 is 1.28 bits per heavy atom. The number of ether oxygens (including phenoxy) is 1. The van der Waals surface area contributed by atoms with Crippen molar-refractivity contribution in [1.29, 1.82) is 0 Å². The summed E-state index contributed by atoms with van der Waals surface area (Å²) in [7, 11) is 0. The second-order valence-electron chi connectivity index (χ2n) is 8.90. The maximum absolute atomic E-state index is 13.2. The summed E-state index contributed by atoms with van der Waals surface area (Å²) in [5.74, 6) is -1.04. The molecule has 0 aromatic carbocycles. The molecule has 29 heavy (non-hydrogen) atoms. The molecule has 2 aliphatic rings. The van der Waals surface area contributed by atoms with Crippen LogP contribution >= 0.6 is 0 Å². The predicted molar refractivity (Wildman–Crippen MR) is 104 cm³/mol. The third-order valence-electron chi connectivity index (χ3n) is 5.69. The van der Waals surface area contributed by atoms with Crippen LogP contribution < -0.4 is 5.56 Å². The number of nitrogens with zero attached hydrogens (tertiary/aromatic N) is 4. The first kappa shape index (κ1) is 19.6. The summed E-state index contributed by atoms with van der Waals surface area (Å²) in [6.07, 6.45) is 1.75. The van der Waals surface area contributed by atoms with Gasteiger partial charge in [-0.1, -0.05) is 20.8 Å². The molecule has 0 bridgehead atoms. The smallest absolute Gasteiger partial charge is 0.323 e. The summed E-state index contributed by atoms with van der Waals surface area (Å²) in [6.45, 7) is 7.57. The van der Waals surface area contributed by atoms with E-state index in [1.807, 2.05) is 20.8 Å². The van der Waals surface area contributed by atoms with Gasteiger partial charge in [0.2, 0.25) is 0 Å². The third kappa shape index (κ3) is 3.43. The zero-order valence-corrected chi connectivity index (χ0v) is 17.0. The number of amides is 1. The van der Waals surface area contributed by atoms with Gasteiger partial charge in [0, 0.05) is 31.2 Å². The van der Waals surface area contributed by atoms with Gasteiger partial charge < -0.3 is 19.3 Å². The standard InChI is InChI=1S/C20H26N4O5/c1-20(2,3)14-8-15-23(11-16(25)26)17-13(18(27)24(15)21-14)10-22(19(17)28)9-12-4-6-29-7-5-12/h8,12H,4-7,9-11H2,1-3H3,(H,25,26). The second-order valence-corrected chi connectivity index (χ2v) is 8.90. The van der Waals surface area contributed by atoms with Crippen LogP contribution in [0.4, 0.5) is 0 Å². The van der Waals surface area contributed by atoms with Gasteiger partial charge in [0.25, 0.3) is 11.5 Å². The van der Waals surface area contributed by atoms with Crippen LogP contribution in [-0.4, -0.2) is 55.8 Å². The molecule has 9 nitrogen and oxygen atoms in total. The fourth-order valence-corrected chi connectivity index (χ4v) is 4.07. The van der Waals surface area contributed by atoms with Gasteiger partial charge in [-0.25, -0.2) is 0 Å². The predicted octanol–water partition coefficient (Wildman–Crippen LogP) is 1.26. The number of aromatic nitrogens is 3. The zero-order chi connectivity index (χ0) is 20.9. The maximum atomic E-state index is 13.2. The molecule has 0 unspecified atom stereocenters. The molecule has 2 aromatic heterocycles. The highest BCUT2D eigenvalue weighted by atomic mass is 16.5. The maximum Gasteiger partial charge on any atom is 0.323 e. The van der Waals surface area contributed by atoms with Crippen LogP contribution in [0.25, 0.3) is 5.65 Å². The Labute approximate surface area is 167 Å². The number of carboxylic acid groups (broad SMARTS) is 1. The molecular formula is C20H26N4O5. The lowest BCUT2D eigenvalue weighted by molar-refractivity contribution is -0.137. The number of hydrogen-bond acceptors (Lipinski definition) is 5. The molecule has 2 aliphatic heterocycles. The summed E-state index contributed by atoms with van der Waals surface area (Å²) in [6, 6.07) is 1.71. The van der Waals surface area contributed by atoms with Gasteiger partial charge in [0.1, 0.15) is 17.9 Å². The molecule has 1 N–H and O–H groups in total. The van der Waals surface area contributed by atoms with Crippen molar-refractivity contribution >= 4 is 17.5 Å². The van der Waals surface area contributed by atoms with E-state index in [4.69, 9.17) is 4.74 Å². The number of aliphatic carboxylic acids is 1. The highest BCUT2D eigenvalue weighted by Gasteiger charge is 2.36. The largest absolute Gasteiger partial charge is 0.480 e. The van der Waals surface area contributed by atoms with Crippen molar-refractivity contribution in [2.24, 2.45) is 5.92 Å². The zero-order valence-electron chi connectivity index (χ0n) is 17.0. The summed E-state index contributed by atoms with van der Waals surface area (Å²) in [5, 5.41) is 13.9. The summed E-state index contributed by atoms with van der Waals surface area (Å²) in [5.41, 5.74) is 0.834. The number of rotatable bonds is 4. The van der Waals surface area contributed by atoms with E-state index in [1.54, 1.807) is 11.0 Å². The van der Waals surface area contributed by atoms with Gasteiger partial charge in [-0.3, -0.25) is 14.4 Å². The Morgan fingerprint density at radius 3 is 2.59 bits per heavy atom. The van der Waals surface area contributed by atoms with Gasteiger partial charge in [-0.2, -0.15) is 9.61 Å². The van der Waals surface area contributed by atoms with Crippen molar-refractivity contribution in [2.45, 2.75) is 52.1 Å². The van der Waals surface area contributed by atoms with Gasteiger partial charge >= 0.3 is 5.97 Å². The minimum absolute atomic E-state index is 0.178. The Morgan fingerprint density at radius 2 is 1.97 bits per heavy atom. The van der Waals surface area contributed by atoms with Crippen molar-refractivity contribution < 1.29 is 19.4 Å². The van der Waals surface area contributed by atoms with E-state index in [-0.39, 0.29) is 29.1 Å². The second kappa shape index (κ2) is 6.98. The van der Waals surface area contributed by atoms with Crippen molar-refractivity contribution in [3.63, 3.8) is 0 Å². The van der Waals surface area contributed by atoms with Crippen molar-refractivity contribution in [2.75, 3.05) is 19.8 Å². The molecule has 156 valence electrons. The minimum atomic E-state index is -1.08. The monoisotopic (exact) mass is 402 g/mol. The SMILES string of the molecule is CC(C)(C)c1cc2n(CC(=O)O)c3c(c(=O)n2n1)CN(CC1CCOCC1)C3=O. The first-order valence-corrected chi connectivity index (χ1v) is 9.91. The Kier molecular flexibility index (Phi) is 4.72. The van der Waals surface area contributed by atoms with Crippen LogP contribution in [0, 0.1) is 5.92 Å². The van der Waals surface area contributed by atoms with Gasteiger partial charge in [0.15, 0.2) is 0 Å². The number of carboxylic acids is 1. The van der Waals surface area contributed by atoms with E-state index in [0.29, 0.717) is 42.6 Å². The van der Waals surface area contributed by atoms with Crippen LogP contribution in [0.5, 0.6) is 0 Å². The molecule has 1 amide bonds. The van der Waals surface area contributed by atoms with Crippen LogP contribution in [-0.2, 0) is 28.0 Å². The van der Waals surface area contributed by atoms with Crippen molar-refractivity contribution in [1.82, 2.24) is 19.1 Å². The van der Waals surface area contributed by atoms with E-state index in [9.17, 15) is 19.5 Å². The molecule has 9 heteroatoms. The highest BCUT2D eigenvalue weighted by molar-refractivity contribution is 5.97. The number of carbonyl (C=O) groups excluding carboxylic acids is 1. The van der Waals surface area contributed by atoms with Crippen molar-refractivity contribution in [3.8, 4) is 0 Å². The van der Waals surface area contributed by atoms with Crippen LogP contribution in [0.1, 0.15) is 55.4 Å². The molecule has 0 radical (unpaired) electrons. The molecule has 0 atom stereocenters. The topological polar surface area (TPSA) is 106 Å². The van der Waals surface area contributed by atoms with E-state index in [1.165, 1.54) is 9.08 Å². The van der Waals surface area contributed by atoms with E-state index < -0.39 is 12.5 Å². The first-order valence-electron chi connectivity index (χ1n) is 9.91. The van der Waals surface area contributed by atoms with Gasteiger partial charge in [0.05, 0.1) is 17.8 Å². The fraction of sp³-hybridized carbons (Fsp3) is 0.600. The molecule has 0 saturated carbocycles. The molecule has 4 heterocycles. The van der Waals surface area contributed by atoms with Gasteiger partial charge in [-0.15, -0.1) is 0 Å². The van der Waals surface area contributed by atoms with E-state index >= 15 is 0 Å². The molecule has 0 spiro atoms. The Balaban J connectivity index is 1.81. The van der Waals surface area contributed by atoms with Crippen LogP contribution in [0.15, 0.2) is 10.9 Å². The van der Waals surface area contributed by atoms with Crippen LogP contribution in [0.3, 0.4) is 0 Å². The average Bonchev–Trinajstić information content (AvgIpc) is 3.23. The van der Waals surface area contributed by atoms with Crippen LogP contribution in [0.2, 0.25) is 0 Å². The Bertz CT molecular complexity index is 1040. The summed E-state index contributed by atoms with van der Waals surface area (Å²) < 4.78 is 8.05. The normalized spacial score (nSPS) is 17.9. The molecule has 2 aromatic rings. The third-order valence-corrected chi connectivity index (χ3v) is 5.69. The molecule has 1 fully saturated rings. The fourth-order valence-electron chi connectivity index (χ4n) is 4.07. The molecular weight excluding hydrogens is 376 g/mol. The molecule has 0 aliphatic carbocycles. The number of hydrogen-bond donors (Lipinski definition) is 1. The molecule has 4 rings (SSSR count). The lowest BCUT2D eigenvalue weighted by atomic mass is 9.93. The Hall–Kier alpha value is -2.68. The van der Waals surface area contributed by atoms with E-state index in [2.05, 4.69) is 5.10 Å². The first-order chi connectivity index (χ1) is 13.7. The lowest BCUT2D eigenvalue weighted by Gasteiger charge is -2.26. The number of carbonyl (C=O) groups is 2. The van der Waals surface area contributed by atoms with Crippen molar-refractivity contribution in [3.05, 3.63) is 33.4 Å². The highest BCUT2D eigenvalue weighted by Crippen LogP contribution is 2.27. The summed E-state index contributed by atoms with van der Waals surface area (Å²) >= 11 is 0. The molecule has 1 saturated heterocycles. The quantitative estimate of drug-likeness (QED) is 0.825.